The number of nitrogens with zero attached hydrogens (tertiary/aromatic N) is 2. The number of hydrogen-bond acceptors (Lipinski definition) is 3. The molecule has 18 heavy (non-hydrogen) atoms. The predicted molar refractivity (Wildman–Crippen MR) is 74.0 cm³/mol. The first kappa shape index (κ1) is 13.4. The van der Waals surface area contributed by atoms with Crippen LogP contribution < -0.4 is 5.32 Å². The maximum Gasteiger partial charge on any atom is 0.203 e. The van der Waals surface area contributed by atoms with Crippen LogP contribution in [0.1, 0.15) is 45.2 Å². The molecule has 0 aromatic carbocycles. The van der Waals surface area contributed by atoms with Gasteiger partial charge in [0.1, 0.15) is 0 Å². The molecular weight excluding hydrogens is 226 g/mol. The number of imidazole rings is 1. The fraction of sp³-hybridized carbons (Fsp3) is 0.786. The summed E-state index contributed by atoms with van der Waals surface area (Å²) < 4.78 is 8.06. The first-order chi connectivity index (χ1) is 8.63. The fourth-order valence-electron chi connectivity index (χ4n) is 2.51. The summed E-state index contributed by atoms with van der Waals surface area (Å²) in [6.07, 6.45) is 6.80. The van der Waals surface area contributed by atoms with Gasteiger partial charge in [-0.2, -0.15) is 0 Å². The molecule has 0 aliphatic carbocycles. The molecule has 0 bridgehead atoms. The molecule has 4 heteroatoms. The van der Waals surface area contributed by atoms with E-state index in [2.05, 4.69) is 34.9 Å². The molecule has 1 aliphatic rings. The topological polar surface area (TPSA) is 39.1 Å². The highest BCUT2D eigenvalue weighted by Crippen LogP contribution is 2.28. The van der Waals surface area contributed by atoms with Gasteiger partial charge in [-0.25, -0.2) is 4.98 Å². The molecule has 2 rings (SSSR count). The Kier molecular flexibility index (Phi) is 4.27. The third-order valence-corrected chi connectivity index (χ3v) is 3.52. The number of rotatable bonds is 6. The quantitative estimate of drug-likeness (QED) is 0.790. The molecule has 2 heterocycles. The third-order valence-electron chi connectivity index (χ3n) is 3.52. The van der Waals surface area contributed by atoms with Crippen molar-refractivity contribution in [2.75, 3.05) is 18.5 Å². The molecule has 1 aromatic heterocycles. The number of anilines is 1. The molecule has 1 fully saturated rings. The maximum absolute atomic E-state index is 5.86. The minimum atomic E-state index is -0.0195. The van der Waals surface area contributed by atoms with Gasteiger partial charge in [0.25, 0.3) is 0 Å². The van der Waals surface area contributed by atoms with Crippen molar-refractivity contribution in [2.24, 2.45) is 0 Å². The predicted octanol–water partition coefficient (Wildman–Crippen LogP) is 2.97. The summed E-state index contributed by atoms with van der Waals surface area (Å²) in [7, 11) is 0. The van der Waals surface area contributed by atoms with E-state index < -0.39 is 0 Å². The highest BCUT2D eigenvalue weighted by Gasteiger charge is 2.30. The molecule has 0 radical (unpaired) electrons. The Balaban J connectivity index is 2.02. The summed E-state index contributed by atoms with van der Waals surface area (Å²) in [6, 6.07) is 0. The van der Waals surface area contributed by atoms with Gasteiger partial charge in [-0.05, 0) is 33.1 Å². The fourth-order valence-corrected chi connectivity index (χ4v) is 2.51. The van der Waals surface area contributed by atoms with E-state index in [1.807, 2.05) is 6.92 Å². The zero-order valence-corrected chi connectivity index (χ0v) is 11.8. The second kappa shape index (κ2) is 5.74. The number of nitrogens with one attached hydrogen (secondary N) is 1. The van der Waals surface area contributed by atoms with Crippen LogP contribution in [0.3, 0.4) is 0 Å². The van der Waals surface area contributed by atoms with Crippen molar-refractivity contribution in [2.45, 2.75) is 58.6 Å². The van der Waals surface area contributed by atoms with E-state index in [1.54, 1.807) is 0 Å². The van der Waals surface area contributed by atoms with Crippen LogP contribution in [-0.4, -0.2) is 28.3 Å². The monoisotopic (exact) mass is 251 g/mol. The Morgan fingerprint density at radius 3 is 3.06 bits per heavy atom. The molecule has 1 N–H and O–H groups in total. The van der Waals surface area contributed by atoms with Gasteiger partial charge in [-0.3, -0.25) is 0 Å². The van der Waals surface area contributed by atoms with Crippen molar-refractivity contribution in [1.82, 2.24) is 9.55 Å². The first-order valence-electron chi connectivity index (χ1n) is 7.04. The SMILES string of the molecule is CCCCNc1nc(C)cn1CC1(C)CCCO1. The van der Waals surface area contributed by atoms with E-state index in [9.17, 15) is 0 Å². The summed E-state index contributed by atoms with van der Waals surface area (Å²) in [5, 5.41) is 3.42. The van der Waals surface area contributed by atoms with Gasteiger partial charge < -0.3 is 14.6 Å². The summed E-state index contributed by atoms with van der Waals surface area (Å²) >= 11 is 0. The molecule has 4 nitrogen and oxygen atoms in total. The second-order valence-electron chi connectivity index (χ2n) is 5.52. The van der Waals surface area contributed by atoms with E-state index >= 15 is 0 Å². The second-order valence-corrected chi connectivity index (χ2v) is 5.52. The third kappa shape index (κ3) is 3.25. The number of ether oxygens (including phenoxy) is 1. The van der Waals surface area contributed by atoms with Gasteiger partial charge >= 0.3 is 0 Å². The number of hydrogen-bond donors (Lipinski definition) is 1. The first-order valence-corrected chi connectivity index (χ1v) is 7.04. The van der Waals surface area contributed by atoms with Gasteiger partial charge in [0, 0.05) is 19.3 Å². The smallest absolute Gasteiger partial charge is 0.203 e. The molecular formula is C14H25N3O. The molecule has 1 unspecified atom stereocenters. The Hall–Kier alpha value is -1.03. The van der Waals surface area contributed by atoms with Crippen LogP contribution in [0.5, 0.6) is 0 Å². The van der Waals surface area contributed by atoms with Crippen molar-refractivity contribution in [3.05, 3.63) is 11.9 Å². The number of aromatic nitrogens is 2. The lowest BCUT2D eigenvalue weighted by molar-refractivity contribution is 0.00663. The average molecular weight is 251 g/mol. The molecule has 0 amide bonds. The van der Waals surface area contributed by atoms with Crippen LogP contribution in [0.4, 0.5) is 5.95 Å². The van der Waals surface area contributed by atoms with Crippen LogP contribution in [-0.2, 0) is 11.3 Å². The van der Waals surface area contributed by atoms with Gasteiger partial charge in [0.15, 0.2) is 0 Å². The Bertz CT molecular complexity index is 380. The highest BCUT2D eigenvalue weighted by atomic mass is 16.5. The highest BCUT2D eigenvalue weighted by molar-refractivity contribution is 5.29. The Morgan fingerprint density at radius 2 is 2.39 bits per heavy atom. The summed E-state index contributed by atoms with van der Waals surface area (Å²) in [5.74, 6) is 0.984. The van der Waals surface area contributed by atoms with Gasteiger partial charge in [0.2, 0.25) is 5.95 Å². The van der Waals surface area contributed by atoms with Crippen molar-refractivity contribution in [3.8, 4) is 0 Å². The summed E-state index contributed by atoms with van der Waals surface area (Å²) in [5.41, 5.74) is 1.05. The lowest BCUT2D eigenvalue weighted by atomic mass is 10.0. The number of aryl methyl sites for hydroxylation is 1. The van der Waals surface area contributed by atoms with Crippen molar-refractivity contribution in [1.29, 1.82) is 0 Å². The molecule has 1 saturated heterocycles. The van der Waals surface area contributed by atoms with Crippen molar-refractivity contribution >= 4 is 5.95 Å². The molecule has 1 aliphatic heterocycles. The minimum Gasteiger partial charge on any atom is -0.373 e. The lowest BCUT2D eigenvalue weighted by Gasteiger charge is -2.24. The standard InChI is InChI=1S/C14H25N3O/c1-4-5-8-15-13-16-12(2)10-17(13)11-14(3)7-6-9-18-14/h10H,4-9,11H2,1-3H3,(H,15,16). The van der Waals surface area contributed by atoms with E-state index in [1.165, 1.54) is 19.3 Å². The van der Waals surface area contributed by atoms with Crippen LogP contribution >= 0.6 is 0 Å². The van der Waals surface area contributed by atoms with Gasteiger partial charge in [-0.15, -0.1) is 0 Å². The van der Waals surface area contributed by atoms with Crippen LogP contribution in [0.15, 0.2) is 6.20 Å². The number of unbranched alkanes of at least 4 members (excludes halogenated alkanes) is 1. The molecule has 0 spiro atoms. The van der Waals surface area contributed by atoms with Crippen molar-refractivity contribution in [3.63, 3.8) is 0 Å². The summed E-state index contributed by atoms with van der Waals surface area (Å²) in [4.78, 5) is 4.55. The summed E-state index contributed by atoms with van der Waals surface area (Å²) in [6.45, 7) is 9.22. The van der Waals surface area contributed by atoms with E-state index in [0.29, 0.717) is 0 Å². The zero-order chi connectivity index (χ0) is 13.0. The maximum atomic E-state index is 5.86. The van der Waals surface area contributed by atoms with Crippen LogP contribution in [0.25, 0.3) is 0 Å². The van der Waals surface area contributed by atoms with Crippen LogP contribution in [0, 0.1) is 6.92 Å². The van der Waals surface area contributed by atoms with E-state index in [4.69, 9.17) is 4.74 Å². The van der Waals surface area contributed by atoms with E-state index in [-0.39, 0.29) is 5.60 Å². The lowest BCUT2D eigenvalue weighted by Crippen LogP contribution is -2.30. The van der Waals surface area contributed by atoms with Gasteiger partial charge in [0.05, 0.1) is 17.8 Å². The average Bonchev–Trinajstić information content (AvgIpc) is 2.87. The molecule has 1 aromatic rings. The Labute approximate surface area is 110 Å². The molecule has 0 saturated carbocycles. The Morgan fingerprint density at radius 1 is 1.56 bits per heavy atom. The molecule has 102 valence electrons. The van der Waals surface area contributed by atoms with Crippen molar-refractivity contribution < 1.29 is 4.74 Å². The minimum absolute atomic E-state index is 0.0195. The molecule has 1 atom stereocenters. The normalized spacial score (nSPS) is 23.5. The van der Waals surface area contributed by atoms with E-state index in [0.717, 1.165) is 37.8 Å². The largest absolute Gasteiger partial charge is 0.373 e. The zero-order valence-electron chi connectivity index (χ0n) is 11.8. The van der Waals surface area contributed by atoms with Crippen LogP contribution in [0.2, 0.25) is 0 Å². The van der Waals surface area contributed by atoms with Gasteiger partial charge in [-0.1, -0.05) is 13.3 Å².